The lowest BCUT2D eigenvalue weighted by atomic mass is 10.3. The van der Waals surface area contributed by atoms with Crippen LogP contribution in [0.1, 0.15) is 21.0 Å². The number of carbonyl (C=O) groups is 2. The summed E-state index contributed by atoms with van der Waals surface area (Å²) in [4.78, 5) is 26.8. The third-order valence-electron chi connectivity index (χ3n) is 2.16. The highest BCUT2D eigenvalue weighted by Gasteiger charge is 2.28. The zero-order chi connectivity index (χ0) is 14.0. The van der Waals surface area contributed by atoms with E-state index in [1.807, 2.05) is 0 Å². The lowest BCUT2D eigenvalue weighted by Crippen LogP contribution is -2.10. The Balaban J connectivity index is 2.51. The topological polar surface area (TPSA) is 91.8 Å². The molecule has 0 bridgehead atoms. The molecule has 2 aromatic heterocycles. The molecule has 2 rings (SSSR count). The van der Waals surface area contributed by atoms with E-state index in [4.69, 9.17) is 20.4 Å². The quantitative estimate of drug-likeness (QED) is 0.798. The van der Waals surface area contributed by atoms with E-state index in [9.17, 15) is 9.59 Å². The van der Waals surface area contributed by atoms with Crippen molar-refractivity contribution in [3.05, 3.63) is 28.8 Å². The molecule has 19 heavy (non-hydrogen) atoms. The molecule has 0 saturated heterocycles. The summed E-state index contributed by atoms with van der Waals surface area (Å²) < 4.78 is 19.2. The molecule has 2 aromatic rings. The zero-order valence-electron chi connectivity index (χ0n) is 9.93. The molecule has 0 atom stereocenters. The number of carbonyl (C=O) groups excluding carboxylic acids is 2. The van der Waals surface area contributed by atoms with Gasteiger partial charge < -0.3 is 18.3 Å². The molecule has 0 unspecified atom stereocenters. The van der Waals surface area contributed by atoms with Crippen LogP contribution in [0.3, 0.4) is 0 Å². The monoisotopic (exact) mass is 285 g/mol. The lowest BCUT2D eigenvalue weighted by Gasteiger charge is -1.96. The van der Waals surface area contributed by atoms with E-state index in [-0.39, 0.29) is 28.3 Å². The van der Waals surface area contributed by atoms with Crippen LogP contribution in [0, 0.1) is 0 Å². The summed E-state index contributed by atoms with van der Waals surface area (Å²) in [6.45, 7) is 0. The maximum atomic E-state index is 11.5. The summed E-state index contributed by atoms with van der Waals surface area (Å²) in [5, 5.41) is 0.118. The first kappa shape index (κ1) is 13.2. The maximum Gasteiger partial charge on any atom is 0.376 e. The largest absolute Gasteiger partial charge is 0.464 e. The highest BCUT2D eigenvalue weighted by molar-refractivity contribution is 6.28. The standard InChI is InChI=1S/C11H8ClNO6/c1-16-10(14)7-8(11(15)17-2)19-9(13-7)5-3-4-6(12)18-5/h3-4H,1-2H3. The molecule has 0 aliphatic carbocycles. The highest BCUT2D eigenvalue weighted by Crippen LogP contribution is 2.26. The van der Waals surface area contributed by atoms with Gasteiger partial charge in [-0.05, 0) is 23.7 Å². The molecule has 0 aliphatic rings. The number of aromatic nitrogens is 1. The smallest absolute Gasteiger partial charge is 0.376 e. The Labute approximate surface area is 112 Å². The number of oxazole rings is 1. The molecule has 2 heterocycles. The van der Waals surface area contributed by atoms with Crippen LogP contribution in [-0.4, -0.2) is 31.1 Å². The Kier molecular flexibility index (Phi) is 3.57. The molecule has 7 nitrogen and oxygen atoms in total. The van der Waals surface area contributed by atoms with Crippen LogP contribution in [0.15, 0.2) is 21.0 Å². The number of ether oxygens (including phenoxy) is 2. The van der Waals surface area contributed by atoms with Crippen LogP contribution in [-0.2, 0) is 9.47 Å². The predicted molar refractivity (Wildman–Crippen MR) is 61.9 cm³/mol. The van der Waals surface area contributed by atoms with Crippen molar-refractivity contribution >= 4 is 23.5 Å². The molecule has 8 heteroatoms. The van der Waals surface area contributed by atoms with Crippen LogP contribution in [0.2, 0.25) is 5.22 Å². The molecule has 0 spiro atoms. The van der Waals surface area contributed by atoms with Crippen LogP contribution in [0.4, 0.5) is 0 Å². The Morgan fingerprint density at radius 1 is 1.16 bits per heavy atom. The molecule has 0 radical (unpaired) electrons. The zero-order valence-corrected chi connectivity index (χ0v) is 10.7. The summed E-state index contributed by atoms with van der Waals surface area (Å²) >= 11 is 5.62. The SMILES string of the molecule is COC(=O)c1nc(-c2ccc(Cl)o2)oc1C(=O)OC. The summed E-state index contributed by atoms with van der Waals surface area (Å²) in [6.07, 6.45) is 0. The third kappa shape index (κ3) is 2.45. The van der Waals surface area contributed by atoms with E-state index < -0.39 is 11.9 Å². The highest BCUT2D eigenvalue weighted by atomic mass is 35.5. The molecule has 0 saturated carbocycles. The Bertz CT molecular complexity index is 595. The van der Waals surface area contributed by atoms with E-state index in [0.29, 0.717) is 0 Å². The lowest BCUT2D eigenvalue weighted by molar-refractivity contribution is 0.0527. The molecule has 0 aliphatic heterocycles. The number of methoxy groups -OCH3 is 2. The van der Waals surface area contributed by atoms with Crippen molar-refractivity contribution in [1.29, 1.82) is 0 Å². The number of nitrogens with zero attached hydrogens (tertiary/aromatic N) is 1. The average Bonchev–Trinajstić information content (AvgIpc) is 3.02. The van der Waals surface area contributed by atoms with Crippen molar-refractivity contribution in [2.24, 2.45) is 0 Å². The van der Waals surface area contributed by atoms with Gasteiger partial charge in [-0.3, -0.25) is 0 Å². The Hall–Kier alpha value is -2.28. The molecule has 0 amide bonds. The van der Waals surface area contributed by atoms with Crippen LogP contribution in [0.25, 0.3) is 11.7 Å². The Morgan fingerprint density at radius 3 is 2.37 bits per heavy atom. The van der Waals surface area contributed by atoms with Crippen LogP contribution >= 0.6 is 11.6 Å². The van der Waals surface area contributed by atoms with Crippen molar-refractivity contribution in [3.63, 3.8) is 0 Å². The fourth-order valence-corrected chi connectivity index (χ4v) is 1.47. The van der Waals surface area contributed by atoms with Crippen molar-refractivity contribution in [2.45, 2.75) is 0 Å². The first-order valence-electron chi connectivity index (χ1n) is 5.00. The molecule has 0 fully saturated rings. The van der Waals surface area contributed by atoms with Gasteiger partial charge in [0.2, 0.25) is 11.5 Å². The van der Waals surface area contributed by atoms with Gasteiger partial charge in [0.05, 0.1) is 14.2 Å². The van der Waals surface area contributed by atoms with E-state index in [0.717, 1.165) is 14.2 Å². The van der Waals surface area contributed by atoms with Crippen molar-refractivity contribution in [1.82, 2.24) is 4.98 Å². The van der Waals surface area contributed by atoms with Gasteiger partial charge >= 0.3 is 11.9 Å². The Morgan fingerprint density at radius 2 is 1.84 bits per heavy atom. The second kappa shape index (κ2) is 5.15. The van der Waals surface area contributed by atoms with Gasteiger partial charge in [-0.1, -0.05) is 0 Å². The third-order valence-corrected chi connectivity index (χ3v) is 2.36. The number of rotatable bonds is 3. The van der Waals surface area contributed by atoms with Gasteiger partial charge in [-0.2, -0.15) is 4.98 Å². The van der Waals surface area contributed by atoms with E-state index in [1.54, 1.807) is 0 Å². The summed E-state index contributed by atoms with van der Waals surface area (Å²) in [7, 11) is 2.30. The number of hydrogen-bond donors (Lipinski definition) is 0. The fourth-order valence-electron chi connectivity index (χ4n) is 1.32. The number of hydrogen-bond acceptors (Lipinski definition) is 7. The fraction of sp³-hybridized carbons (Fsp3) is 0.182. The van der Waals surface area contributed by atoms with E-state index in [2.05, 4.69) is 14.5 Å². The number of furan rings is 1. The molecular weight excluding hydrogens is 278 g/mol. The first-order valence-corrected chi connectivity index (χ1v) is 5.37. The summed E-state index contributed by atoms with van der Waals surface area (Å²) in [5.74, 6) is -1.94. The van der Waals surface area contributed by atoms with Crippen molar-refractivity contribution in [3.8, 4) is 11.7 Å². The number of esters is 2. The van der Waals surface area contributed by atoms with Gasteiger partial charge in [-0.15, -0.1) is 0 Å². The average molecular weight is 286 g/mol. The second-order valence-corrected chi connectivity index (χ2v) is 3.66. The van der Waals surface area contributed by atoms with Crippen LogP contribution < -0.4 is 0 Å². The molecule has 0 aromatic carbocycles. The van der Waals surface area contributed by atoms with Gasteiger partial charge in [0, 0.05) is 0 Å². The van der Waals surface area contributed by atoms with Gasteiger partial charge in [0.1, 0.15) is 0 Å². The number of halogens is 1. The van der Waals surface area contributed by atoms with E-state index >= 15 is 0 Å². The van der Waals surface area contributed by atoms with Gasteiger partial charge in [-0.25, -0.2) is 9.59 Å². The van der Waals surface area contributed by atoms with Gasteiger partial charge in [0.15, 0.2) is 11.0 Å². The molecule has 100 valence electrons. The normalized spacial score (nSPS) is 10.3. The summed E-state index contributed by atoms with van der Waals surface area (Å²) in [5.41, 5.74) is -0.295. The minimum atomic E-state index is -0.850. The van der Waals surface area contributed by atoms with Crippen molar-refractivity contribution < 1.29 is 27.9 Å². The maximum absolute atomic E-state index is 11.5. The molecular formula is C11H8ClNO6. The van der Waals surface area contributed by atoms with Gasteiger partial charge in [0.25, 0.3) is 5.89 Å². The minimum Gasteiger partial charge on any atom is -0.464 e. The predicted octanol–water partition coefficient (Wildman–Crippen LogP) is 2.16. The van der Waals surface area contributed by atoms with Crippen LogP contribution in [0.5, 0.6) is 0 Å². The first-order chi connectivity index (χ1) is 9.06. The van der Waals surface area contributed by atoms with Crippen molar-refractivity contribution in [2.75, 3.05) is 14.2 Å². The summed E-state index contributed by atoms with van der Waals surface area (Å²) in [6, 6.07) is 2.95. The minimum absolute atomic E-state index is 0.0762. The van der Waals surface area contributed by atoms with E-state index in [1.165, 1.54) is 12.1 Å². The molecule has 0 N–H and O–H groups in total. The second-order valence-electron chi connectivity index (χ2n) is 3.28.